The first-order valence-corrected chi connectivity index (χ1v) is 8.32. The van der Waals surface area contributed by atoms with Gasteiger partial charge in [-0.3, -0.25) is 9.69 Å². The Morgan fingerprint density at radius 2 is 1.73 bits per heavy atom. The van der Waals surface area contributed by atoms with E-state index in [4.69, 9.17) is 17.3 Å². The fraction of sp³-hybridized carbons (Fsp3) is 0.588. The molecule has 5 heteroatoms. The van der Waals surface area contributed by atoms with Crippen LogP contribution >= 0.6 is 11.6 Å². The van der Waals surface area contributed by atoms with Gasteiger partial charge in [0.2, 0.25) is 5.91 Å². The van der Waals surface area contributed by atoms with Gasteiger partial charge < -0.3 is 10.6 Å². The van der Waals surface area contributed by atoms with Gasteiger partial charge >= 0.3 is 0 Å². The average Bonchev–Trinajstić information content (AvgIpc) is 2.53. The molecule has 1 aromatic carbocycles. The molecule has 122 valence electrons. The predicted molar refractivity (Wildman–Crippen MR) is 90.8 cm³/mol. The lowest BCUT2D eigenvalue weighted by Gasteiger charge is -2.39. The number of piperazine rings is 1. The summed E-state index contributed by atoms with van der Waals surface area (Å²) in [6, 6.07) is 8.12. The topological polar surface area (TPSA) is 49.6 Å². The van der Waals surface area contributed by atoms with E-state index in [0.29, 0.717) is 0 Å². The minimum Gasteiger partial charge on any atom is -0.340 e. The molecule has 4 nitrogen and oxygen atoms in total. The smallest absolute Gasteiger partial charge is 0.227 e. The van der Waals surface area contributed by atoms with E-state index in [1.54, 1.807) is 0 Å². The largest absolute Gasteiger partial charge is 0.340 e. The number of carbonyl (C=O) groups is 1. The molecule has 3 atom stereocenters. The standard InChI is InChI=1S/C17H26ClN3O/c1-12(13(2)19)17(22)21-10-8-20(9-11-21)14(3)15-6-4-5-7-16(15)18/h4-7,12-14H,8-11,19H2,1-3H3. The molecule has 0 aliphatic carbocycles. The highest BCUT2D eigenvalue weighted by molar-refractivity contribution is 6.31. The number of nitrogens with two attached hydrogens (primary N) is 1. The van der Waals surface area contributed by atoms with Gasteiger partial charge in [0, 0.05) is 43.3 Å². The summed E-state index contributed by atoms with van der Waals surface area (Å²) in [5.74, 6) is 0.0487. The molecule has 1 fully saturated rings. The first-order valence-electron chi connectivity index (χ1n) is 7.94. The molecule has 0 radical (unpaired) electrons. The second kappa shape index (κ2) is 7.44. The van der Waals surface area contributed by atoms with Crippen LogP contribution in [-0.4, -0.2) is 47.9 Å². The Morgan fingerprint density at radius 3 is 2.27 bits per heavy atom. The van der Waals surface area contributed by atoms with Crippen LogP contribution in [0.25, 0.3) is 0 Å². The second-order valence-corrected chi connectivity index (χ2v) is 6.61. The zero-order chi connectivity index (χ0) is 16.3. The Balaban J connectivity index is 1.95. The molecule has 0 aromatic heterocycles. The first kappa shape index (κ1) is 17.3. The average molecular weight is 324 g/mol. The molecule has 1 saturated heterocycles. The third-order valence-electron chi connectivity index (χ3n) is 4.71. The van der Waals surface area contributed by atoms with E-state index in [0.717, 1.165) is 36.8 Å². The van der Waals surface area contributed by atoms with Gasteiger partial charge in [0.15, 0.2) is 0 Å². The van der Waals surface area contributed by atoms with Crippen LogP contribution in [0.2, 0.25) is 5.02 Å². The van der Waals surface area contributed by atoms with Crippen molar-refractivity contribution in [3.63, 3.8) is 0 Å². The van der Waals surface area contributed by atoms with Crippen molar-refractivity contribution < 1.29 is 4.79 Å². The Bertz CT molecular complexity index is 512. The maximum atomic E-state index is 12.3. The first-order chi connectivity index (χ1) is 10.4. The van der Waals surface area contributed by atoms with Crippen molar-refractivity contribution in [1.29, 1.82) is 0 Å². The summed E-state index contributed by atoms with van der Waals surface area (Å²) in [6.07, 6.45) is 0. The predicted octanol–water partition coefficient (Wildman–Crippen LogP) is 2.53. The second-order valence-electron chi connectivity index (χ2n) is 6.21. The molecule has 1 amide bonds. The lowest BCUT2D eigenvalue weighted by Crippen LogP contribution is -2.52. The Morgan fingerprint density at radius 1 is 1.14 bits per heavy atom. The van der Waals surface area contributed by atoms with Crippen LogP contribution in [0.4, 0.5) is 0 Å². The van der Waals surface area contributed by atoms with Crippen LogP contribution in [0.15, 0.2) is 24.3 Å². The Kier molecular flexibility index (Phi) is 5.84. The van der Waals surface area contributed by atoms with Crippen LogP contribution < -0.4 is 5.73 Å². The zero-order valence-electron chi connectivity index (χ0n) is 13.6. The SMILES string of the molecule is CC(N)C(C)C(=O)N1CCN(C(C)c2ccccc2Cl)CC1. The van der Waals surface area contributed by atoms with Crippen molar-refractivity contribution in [1.82, 2.24) is 9.80 Å². The Hall–Kier alpha value is -1.10. The summed E-state index contributed by atoms with van der Waals surface area (Å²) in [5, 5.41) is 0.805. The van der Waals surface area contributed by atoms with Gasteiger partial charge in [-0.1, -0.05) is 36.7 Å². The number of nitrogens with zero attached hydrogens (tertiary/aromatic N) is 2. The summed E-state index contributed by atoms with van der Waals surface area (Å²) in [5.41, 5.74) is 6.99. The van der Waals surface area contributed by atoms with Crippen molar-refractivity contribution in [2.24, 2.45) is 11.7 Å². The molecule has 0 saturated carbocycles. The van der Waals surface area contributed by atoms with E-state index in [9.17, 15) is 4.79 Å². The summed E-state index contributed by atoms with van der Waals surface area (Å²) >= 11 is 6.29. The van der Waals surface area contributed by atoms with Crippen LogP contribution in [0.3, 0.4) is 0 Å². The quantitative estimate of drug-likeness (QED) is 0.926. The van der Waals surface area contributed by atoms with E-state index < -0.39 is 0 Å². The van der Waals surface area contributed by atoms with Gasteiger partial charge in [-0.25, -0.2) is 0 Å². The highest BCUT2D eigenvalue weighted by Crippen LogP contribution is 2.27. The fourth-order valence-electron chi connectivity index (χ4n) is 2.85. The molecule has 2 rings (SSSR count). The van der Waals surface area contributed by atoms with Crippen molar-refractivity contribution in [2.45, 2.75) is 32.9 Å². The van der Waals surface area contributed by atoms with E-state index in [1.807, 2.05) is 36.9 Å². The minimum absolute atomic E-state index is 0.104. The zero-order valence-corrected chi connectivity index (χ0v) is 14.4. The van der Waals surface area contributed by atoms with E-state index in [2.05, 4.69) is 17.9 Å². The number of carbonyl (C=O) groups excluding carboxylic acids is 1. The molecule has 1 aromatic rings. The van der Waals surface area contributed by atoms with Gasteiger partial charge in [0.05, 0.1) is 5.92 Å². The third-order valence-corrected chi connectivity index (χ3v) is 5.05. The highest BCUT2D eigenvalue weighted by atomic mass is 35.5. The van der Waals surface area contributed by atoms with Crippen LogP contribution in [-0.2, 0) is 4.79 Å². The number of amides is 1. The maximum absolute atomic E-state index is 12.3. The van der Waals surface area contributed by atoms with E-state index in [-0.39, 0.29) is 23.9 Å². The summed E-state index contributed by atoms with van der Waals surface area (Å²) in [7, 11) is 0. The van der Waals surface area contributed by atoms with Crippen LogP contribution in [0.1, 0.15) is 32.4 Å². The molecular formula is C17H26ClN3O. The van der Waals surface area contributed by atoms with Crippen molar-refractivity contribution in [2.75, 3.05) is 26.2 Å². The number of hydrogen-bond donors (Lipinski definition) is 1. The van der Waals surface area contributed by atoms with Crippen molar-refractivity contribution in [3.8, 4) is 0 Å². The van der Waals surface area contributed by atoms with Gasteiger partial charge in [-0.15, -0.1) is 0 Å². The number of benzene rings is 1. The van der Waals surface area contributed by atoms with E-state index >= 15 is 0 Å². The minimum atomic E-state index is -0.118. The monoisotopic (exact) mass is 323 g/mol. The Labute approximate surface area is 138 Å². The maximum Gasteiger partial charge on any atom is 0.227 e. The van der Waals surface area contributed by atoms with Gasteiger partial charge in [-0.2, -0.15) is 0 Å². The molecule has 2 N–H and O–H groups in total. The van der Waals surface area contributed by atoms with Gasteiger partial charge in [0.25, 0.3) is 0 Å². The molecule has 0 bridgehead atoms. The van der Waals surface area contributed by atoms with Gasteiger partial charge in [0.1, 0.15) is 0 Å². The lowest BCUT2D eigenvalue weighted by atomic mass is 10.0. The molecule has 22 heavy (non-hydrogen) atoms. The summed E-state index contributed by atoms with van der Waals surface area (Å²) in [4.78, 5) is 16.7. The third kappa shape index (κ3) is 3.80. The summed E-state index contributed by atoms with van der Waals surface area (Å²) < 4.78 is 0. The molecule has 1 aliphatic heterocycles. The number of rotatable bonds is 4. The van der Waals surface area contributed by atoms with E-state index in [1.165, 1.54) is 0 Å². The number of hydrogen-bond acceptors (Lipinski definition) is 3. The molecule has 1 aliphatic rings. The molecule has 0 spiro atoms. The van der Waals surface area contributed by atoms with Crippen LogP contribution in [0.5, 0.6) is 0 Å². The summed E-state index contributed by atoms with van der Waals surface area (Å²) in [6.45, 7) is 9.20. The highest BCUT2D eigenvalue weighted by Gasteiger charge is 2.28. The normalized spacial score (nSPS) is 20.5. The number of halogens is 1. The fourth-order valence-corrected chi connectivity index (χ4v) is 3.15. The molecule has 3 unspecified atom stereocenters. The van der Waals surface area contributed by atoms with Crippen molar-refractivity contribution in [3.05, 3.63) is 34.9 Å². The van der Waals surface area contributed by atoms with Crippen molar-refractivity contribution >= 4 is 17.5 Å². The lowest BCUT2D eigenvalue weighted by molar-refractivity contribution is -0.137. The van der Waals surface area contributed by atoms with Crippen LogP contribution in [0, 0.1) is 5.92 Å². The van der Waals surface area contributed by atoms with Gasteiger partial charge in [-0.05, 0) is 25.5 Å². The molecule has 1 heterocycles. The molecular weight excluding hydrogens is 298 g/mol.